The Morgan fingerprint density at radius 2 is 1.65 bits per heavy atom. The first kappa shape index (κ1) is 18.3. The lowest BCUT2D eigenvalue weighted by atomic mass is 10.0. The highest BCUT2D eigenvalue weighted by Gasteiger charge is 2.11. The van der Waals surface area contributed by atoms with E-state index in [1.807, 2.05) is 62.9 Å². The number of benzene rings is 3. The molecule has 0 aliphatic rings. The van der Waals surface area contributed by atoms with Crippen LogP contribution in [0.5, 0.6) is 0 Å². The number of carbonyl (C=O) groups excluding carboxylic acids is 1. The third-order valence-corrected chi connectivity index (χ3v) is 5.40. The van der Waals surface area contributed by atoms with Gasteiger partial charge in [0, 0.05) is 21.9 Å². The molecule has 3 aromatic carbocycles. The fourth-order valence-corrected chi connectivity index (χ4v) is 3.76. The van der Waals surface area contributed by atoms with Crippen LogP contribution in [0.1, 0.15) is 32.6 Å². The summed E-state index contributed by atoms with van der Waals surface area (Å²) in [6.45, 7) is 6.04. The van der Waals surface area contributed by atoms with Crippen LogP contribution in [0.2, 0.25) is 0 Å². The predicted molar refractivity (Wildman–Crippen MR) is 111 cm³/mol. The van der Waals surface area contributed by atoms with E-state index >= 15 is 0 Å². The van der Waals surface area contributed by atoms with Crippen LogP contribution in [0.4, 0.5) is 5.69 Å². The van der Waals surface area contributed by atoms with Crippen LogP contribution in [0.25, 0.3) is 0 Å². The zero-order valence-corrected chi connectivity index (χ0v) is 16.2. The number of hydrogen-bond donors (Lipinski definition) is 1. The molecular formula is C23H23NOS. The van der Waals surface area contributed by atoms with Gasteiger partial charge in [-0.3, -0.25) is 4.79 Å². The van der Waals surface area contributed by atoms with E-state index in [0.29, 0.717) is 0 Å². The third-order valence-electron chi connectivity index (χ3n) is 4.31. The van der Waals surface area contributed by atoms with Gasteiger partial charge in [-0.2, -0.15) is 0 Å². The normalized spacial score (nSPS) is 10.6. The van der Waals surface area contributed by atoms with Crippen LogP contribution >= 0.6 is 11.8 Å². The van der Waals surface area contributed by atoms with Crippen LogP contribution in [-0.4, -0.2) is 5.91 Å². The molecular weight excluding hydrogens is 338 g/mol. The van der Waals surface area contributed by atoms with Crippen molar-refractivity contribution in [1.29, 1.82) is 0 Å². The number of thioether (sulfide) groups is 1. The summed E-state index contributed by atoms with van der Waals surface area (Å²) in [5.41, 5.74) is 6.07. The van der Waals surface area contributed by atoms with Gasteiger partial charge < -0.3 is 5.32 Å². The van der Waals surface area contributed by atoms with E-state index in [4.69, 9.17) is 0 Å². The molecule has 1 N–H and O–H groups in total. The molecule has 0 aliphatic carbocycles. The predicted octanol–water partition coefficient (Wildman–Crippen LogP) is 6.16. The maximum absolute atomic E-state index is 12.6. The van der Waals surface area contributed by atoms with E-state index in [0.717, 1.165) is 33.7 Å². The van der Waals surface area contributed by atoms with Gasteiger partial charge in [0.25, 0.3) is 5.91 Å². The highest BCUT2D eigenvalue weighted by Crippen LogP contribution is 2.25. The average Bonchev–Trinajstić information content (AvgIpc) is 2.63. The second kappa shape index (κ2) is 8.24. The van der Waals surface area contributed by atoms with E-state index in [9.17, 15) is 4.79 Å². The molecule has 0 spiro atoms. The maximum Gasteiger partial charge on any atom is 0.255 e. The number of aryl methyl sites for hydroxylation is 3. The van der Waals surface area contributed by atoms with E-state index in [1.165, 1.54) is 10.5 Å². The first-order chi connectivity index (χ1) is 12.5. The summed E-state index contributed by atoms with van der Waals surface area (Å²) in [6, 6.07) is 22.5. The van der Waals surface area contributed by atoms with Crippen molar-refractivity contribution in [3.8, 4) is 0 Å². The topological polar surface area (TPSA) is 29.1 Å². The van der Waals surface area contributed by atoms with Crippen molar-refractivity contribution >= 4 is 23.4 Å². The molecule has 0 saturated heterocycles. The molecule has 0 bridgehead atoms. The first-order valence-corrected chi connectivity index (χ1v) is 9.67. The fourth-order valence-electron chi connectivity index (χ4n) is 2.90. The Kier molecular flexibility index (Phi) is 5.79. The largest absolute Gasteiger partial charge is 0.322 e. The van der Waals surface area contributed by atoms with Gasteiger partial charge in [-0.15, -0.1) is 11.8 Å². The quantitative estimate of drug-likeness (QED) is 0.552. The molecule has 3 heteroatoms. The first-order valence-electron chi connectivity index (χ1n) is 8.69. The van der Waals surface area contributed by atoms with E-state index < -0.39 is 0 Å². The lowest BCUT2D eigenvalue weighted by Crippen LogP contribution is -2.14. The molecule has 26 heavy (non-hydrogen) atoms. The summed E-state index contributed by atoms with van der Waals surface area (Å²) in [6.07, 6.45) is 0. The van der Waals surface area contributed by atoms with Gasteiger partial charge >= 0.3 is 0 Å². The number of anilines is 1. The average molecular weight is 362 g/mol. The van der Waals surface area contributed by atoms with Crippen LogP contribution < -0.4 is 5.32 Å². The number of hydrogen-bond acceptors (Lipinski definition) is 2. The number of nitrogens with one attached hydrogen (secondary N) is 1. The van der Waals surface area contributed by atoms with Crippen molar-refractivity contribution in [3.63, 3.8) is 0 Å². The Labute approximate surface area is 159 Å². The van der Waals surface area contributed by atoms with E-state index in [2.05, 4.69) is 41.7 Å². The second-order valence-corrected chi connectivity index (χ2v) is 7.57. The van der Waals surface area contributed by atoms with Crippen LogP contribution in [0, 0.1) is 20.8 Å². The van der Waals surface area contributed by atoms with E-state index in [-0.39, 0.29) is 5.91 Å². The molecule has 0 aliphatic heterocycles. The van der Waals surface area contributed by atoms with Crippen molar-refractivity contribution in [3.05, 3.63) is 94.5 Å². The summed E-state index contributed by atoms with van der Waals surface area (Å²) in [5, 5.41) is 3.04. The lowest BCUT2D eigenvalue weighted by molar-refractivity contribution is 0.102. The van der Waals surface area contributed by atoms with E-state index in [1.54, 1.807) is 0 Å². The van der Waals surface area contributed by atoms with Crippen molar-refractivity contribution < 1.29 is 4.79 Å². The van der Waals surface area contributed by atoms with Crippen molar-refractivity contribution in [2.75, 3.05) is 5.32 Å². The molecule has 1 amide bonds. The molecule has 132 valence electrons. The Morgan fingerprint density at radius 1 is 0.885 bits per heavy atom. The molecule has 0 atom stereocenters. The number of rotatable bonds is 5. The van der Waals surface area contributed by atoms with Crippen LogP contribution in [-0.2, 0) is 5.75 Å². The maximum atomic E-state index is 12.6. The van der Waals surface area contributed by atoms with Gasteiger partial charge in [-0.25, -0.2) is 0 Å². The van der Waals surface area contributed by atoms with Gasteiger partial charge in [0.05, 0.1) is 0 Å². The van der Waals surface area contributed by atoms with Crippen LogP contribution in [0.3, 0.4) is 0 Å². The van der Waals surface area contributed by atoms with Crippen molar-refractivity contribution in [1.82, 2.24) is 0 Å². The molecule has 2 nitrogen and oxygen atoms in total. The van der Waals surface area contributed by atoms with Crippen molar-refractivity contribution in [2.45, 2.75) is 31.4 Å². The molecule has 0 fully saturated rings. The third kappa shape index (κ3) is 4.55. The Bertz CT molecular complexity index is 919. The molecule has 0 aromatic heterocycles. The summed E-state index contributed by atoms with van der Waals surface area (Å²) in [7, 11) is 0. The molecule has 0 unspecified atom stereocenters. The Morgan fingerprint density at radius 3 is 2.35 bits per heavy atom. The zero-order valence-electron chi connectivity index (χ0n) is 15.4. The van der Waals surface area contributed by atoms with Gasteiger partial charge in [0.2, 0.25) is 0 Å². The summed E-state index contributed by atoms with van der Waals surface area (Å²) < 4.78 is 0. The number of amides is 1. The molecule has 3 rings (SSSR count). The van der Waals surface area contributed by atoms with Gasteiger partial charge in [-0.1, -0.05) is 48.0 Å². The van der Waals surface area contributed by atoms with Gasteiger partial charge in [0.15, 0.2) is 0 Å². The summed E-state index contributed by atoms with van der Waals surface area (Å²) in [4.78, 5) is 13.8. The summed E-state index contributed by atoms with van der Waals surface area (Å²) >= 11 is 1.81. The molecule has 0 radical (unpaired) electrons. The molecule has 0 saturated carbocycles. The minimum Gasteiger partial charge on any atom is -0.322 e. The smallest absolute Gasteiger partial charge is 0.255 e. The standard InChI is InChI=1S/C23H23NOS/c1-16-9-11-21(17(2)13-16)23(25)24-22-12-10-19(14-18(22)3)15-26-20-7-5-4-6-8-20/h4-14H,15H2,1-3H3,(H,24,25). The molecule has 0 heterocycles. The van der Waals surface area contributed by atoms with Crippen molar-refractivity contribution in [2.24, 2.45) is 0 Å². The van der Waals surface area contributed by atoms with Gasteiger partial charge in [0.1, 0.15) is 0 Å². The minimum absolute atomic E-state index is 0.0583. The second-order valence-electron chi connectivity index (χ2n) is 6.52. The lowest BCUT2D eigenvalue weighted by Gasteiger charge is -2.12. The van der Waals surface area contributed by atoms with Gasteiger partial charge in [-0.05, 0) is 61.7 Å². The Balaban J connectivity index is 1.68. The monoisotopic (exact) mass is 361 g/mol. The SMILES string of the molecule is Cc1ccc(C(=O)Nc2ccc(CSc3ccccc3)cc2C)c(C)c1. The highest BCUT2D eigenvalue weighted by molar-refractivity contribution is 7.98. The Hall–Kier alpha value is -2.52. The zero-order chi connectivity index (χ0) is 18.5. The highest BCUT2D eigenvalue weighted by atomic mass is 32.2. The van der Waals surface area contributed by atoms with Crippen LogP contribution in [0.15, 0.2) is 71.6 Å². The summed E-state index contributed by atoms with van der Waals surface area (Å²) in [5.74, 6) is 0.855. The fraction of sp³-hybridized carbons (Fsp3) is 0.174. The number of carbonyl (C=O) groups is 1. The molecule has 3 aromatic rings. The minimum atomic E-state index is -0.0583.